The number of anilines is 2. The number of aryl methyl sites for hydroxylation is 1. The molecule has 6 aromatic rings. The second kappa shape index (κ2) is 12.5. The van der Waals surface area contributed by atoms with Crippen molar-refractivity contribution in [2.45, 2.75) is 19.7 Å². The number of amides is 1. The SMILES string of the molecule is Cc1ccc(C(=O)Nc2cccc(C(F)(F)F)c2)cc1-c1cc2cnc(N)nc2c(-c2ccc(F)cc2F)c1OCc1ccccc1. The van der Waals surface area contributed by atoms with E-state index in [0.717, 1.165) is 29.8 Å². The van der Waals surface area contributed by atoms with Crippen LogP contribution in [0.3, 0.4) is 0 Å². The summed E-state index contributed by atoms with van der Waals surface area (Å²) in [6.45, 7) is 1.86. The van der Waals surface area contributed by atoms with Crippen molar-refractivity contribution in [2.75, 3.05) is 11.1 Å². The van der Waals surface area contributed by atoms with Gasteiger partial charge in [0.2, 0.25) is 5.95 Å². The maximum Gasteiger partial charge on any atom is 0.416 e. The molecule has 0 aliphatic carbocycles. The summed E-state index contributed by atoms with van der Waals surface area (Å²) in [4.78, 5) is 21.8. The summed E-state index contributed by atoms with van der Waals surface area (Å²) in [5, 5.41) is 2.98. The maximum atomic E-state index is 15.5. The Bertz CT molecular complexity index is 2140. The molecule has 1 aromatic heterocycles. The van der Waals surface area contributed by atoms with Crippen LogP contribution < -0.4 is 15.8 Å². The molecule has 0 spiro atoms. The third kappa shape index (κ3) is 6.60. The molecule has 1 amide bonds. The van der Waals surface area contributed by atoms with E-state index < -0.39 is 29.3 Å². The number of fused-ring (bicyclic) bond motifs is 1. The van der Waals surface area contributed by atoms with Crippen LogP contribution in [0.4, 0.5) is 33.6 Å². The predicted molar refractivity (Wildman–Crippen MR) is 170 cm³/mol. The van der Waals surface area contributed by atoms with Gasteiger partial charge in [-0.3, -0.25) is 4.79 Å². The van der Waals surface area contributed by atoms with E-state index in [-0.39, 0.29) is 46.2 Å². The Morgan fingerprint density at radius 1 is 0.872 bits per heavy atom. The van der Waals surface area contributed by atoms with Gasteiger partial charge in [0.15, 0.2) is 0 Å². The van der Waals surface area contributed by atoms with Gasteiger partial charge in [-0.25, -0.2) is 18.7 Å². The molecule has 0 aliphatic rings. The van der Waals surface area contributed by atoms with Crippen LogP contribution in [0.15, 0.2) is 103 Å². The number of ether oxygens (including phenoxy) is 1. The molecule has 0 aliphatic heterocycles. The average Bonchev–Trinajstić information content (AvgIpc) is 3.04. The van der Waals surface area contributed by atoms with Crippen LogP contribution in [0.2, 0.25) is 0 Å². The van der Waals surface area contributed by atoms with E-state index in [9.17, 15) is 22.4 Å². The fourth-order valence-electron chi connectivity index (χ4n) is 5.23. The molecule has 0 saturated carbocycles. The number of nitrogen functional groups attached to an aromatic ring is 1. The number of carbonyl (C=O) groups excluding carboxylic acids is 1. The van der Waals surface area contributed by atoms with Gasteiger partial charge in [0.25, 0.3) is 5.91 Å². The topological polar surface area (TPSA) is 90.1 Å². The van der Waals surface area contributed by atoms with Gasteiger partial charge in [-0.1, -0.05) is 42.5 Å². The molecule has 1 heterocycles. The van der Waals surface area contributed by atoms with Gasteiger partial charge in [-0.15, -0.1) is 0 Å². The number of alkyl halides is 3. The van der Waals surface area contributed by atoms with Crippen LogP contribution in [-0.2, 0) is 12.8 Å². The molecule has 11 heteroatoms. The molecule has 0 atom stereocenters. The summed E-state index contributed by atoms with van der Waals surface area (Å²) >= 11 is 0. The third-order valence-corrected chi connectivity index (χ3v) is 7.51. The number of hydrogen-bond acceptors (Lipinski definition) is 5. The molecular weight excluding hydrogens is 615 g/mol. The molecule has 6 rings (SSSR count). The molecule has 236 valence electrons. The maximum absolute atomic E-state index is 15.5. The molecule has 0 radical (unpaired) electrons. The first-order chi connectivity index (χ1) is 22.5. The normalized spacial score (nSPS) is 11.4. The minimum atomic E-state index is -4.58. The highest BCUT2D eigenvalue weighted by Gasteiger charge is 2.30. The summed E-state index contributed by atoms with van der Waals surface area (Å²) in [7, 11) is 0. The molecular formula is C36H25F5N4O2. The number of aromatic nitrogens is 2. The van der Waals surface area contributed by atoms with Crippen molar-refractivity contribution >= 4 is 28.4 Å². The quantitative estimate of drug-likeness (QED) is 0.170. The van der Waals surface area contributed by atoms with Crippen molar-refractivity contribution < 1.29 is 31.5 Å². The summed E-state index contributed by atoms with van der Waals surface area (Å²) in [6, 6.07) is 23.2. The smallest absolute Gasteiger partial charge is 0.416 e. The summed E-state index contributed by atoms with van der Waals surface area (Å²) in [6.07, 6.45) is -3.12. The number of halogens is 5. The number of nitrogens with zero attached hydrogens (tertiary/aromatic N) is 2. The number of nitrogens with two attached hydrogens (primary N) is 1. The number of hydrogen-bond donors (Lipinski definition) is 2. The lowest BCUT2D eigenvalue weighted by atomic mass is 9.91. The number of nitrogens with one attached hydrogen (secondary N) is 1. The first kappa shape index (κ1) is 31.2. The van der Waals surface area contributed by atoms with Gasteiger partial charge in [-0.2, -0.15) is 13.2 Å². The van der Waals surface area contributed by atoms with Crippen LogP contribution >= 0.6 is 0 Å². The van der Waals surface area contributed by atoms with E-state index in [1.807, 2.05) is 30.3 Å². The van der Waals surface area contributed by atoms with E-state index in [4.69, 9.17) is 10.5 Å². The van der Waals surface area contributed by atoms with Crippen LogP contribution in [0.25, 0.3) is 33.2 Å². The lowest BCUT2D eigenvalue weighted by Crippen LogP contribution is -2.13. The van der Waals surface area contributed by atoms with Crippen LogP contribution in [0.5, 0.6) is 5.75 Å². The monoisotopic (exact) mass is 640 g/mol. The van der Waals surface area contributed by atoms with E-state index in [0.29, 0.717) is 22.1 Å². The first-order valence-electron chi connectivity index (χ1n) is 14.3. The van der Waals surface area contributed by atoms with E-state index in [1.54, 1.807) is 25.1 Å². The minimum Gasteiger partial charge on any atom is -0.488 e. The second-order valence-electron chi connectivity index (χ2n) is 10.8. The highest BCUT2D eigenvalue weighted by Crippen LogP contribution is 2.46. The second-order valence-corrected chi connectivity index (χ2v) is 10.8. The lowest BCUT2D eigenvalue weighted by molar-refractivity contribution is -0.137. The van der Waals surface area contributed by atoms with Crippen molar-refractivity contribution in [3.05, 3.63) is 137 Å². The van der Waals surface area contributed by atoms with Gasteiger partial charge in [-0.05, 0) is 72.1 Å². The van der Waals surface area contributed by atoms with Crippen molar-refractivity contribution in [2.24, 2.45) is 0 Å². The Labute approximate surface area is 265 Å². The first-order valence-corrected chi connectivity index (χ1v) is 14.3. The molecule has 0 fully saturated rings. The van der Waals surface area contributed by atoms with Gasteiger partial charge in [0.05, 0.1) is 16.6 Å². The van der Waals surface area contributed by atoms with Crippen molar-refractivity contribution in [1.82, 2.24) is 9.97 Å². The number of rotatable bonds is 7. The molecule has 6 nitrogen and oxygen atoms in total. The Morgan fingerprint density at radius 3 is 2.40 bits per heavy atom. The summed E-state index contributed by atoms with van der Waals surface area (Å²) in [5.41, 5.74) is 8.04. The Balaban J connectivity index is 1.53. The standard InChI is InChI=1S/C36H25F5N4O2/c1-20-10-11-22(34(46)44-26-9-5-8-24(16-26)36(39,40)41)14-28(20)29-15-23-18-43-35(42)45-32(23)31(27-13-12-25(37)17-30(27)38)33(29)47-19-21-6-3-2-4-7-21/h2-18H,19H2,1H3,(H,44,46)(H2,42,43,45). The number of carbonyl (C=O) groups is 1. The molecule has 5 aromatic carbocycles. The molecule has 0 unspecified atom stereocenters. The van der Waals surface area contributed by atoms with Crippen LogP contribution in [0, 0.1) is 18.6 Å². The van der Waals surface area contributed by atoms with E-state index in [1.165, 1.54) is 30.5 Å². The largest absolute Gasteiger partial charge is 0.488 e. The minimum absolute atomic E-state index is 0.00416. The van der Waals surface area contributed by atoms with Crippen LogP contribution in [0.1, 0.15) is 27.0 Å². The zero-order chi connectivity index (χ0) is 33.3. The number of benzene rings is 5. The molecule has 0 bridgehead atoms. The zero-order valence-corrected chi connectivity index (χ0v) is 24.7. The highest BCUT2D eigenvalue weighted by molar-refractivity contribution is 6.07. The van der Waals surface area contributed by atoms with E-state index >= 15 is 4.39 Å². The average molecular weight is 641 g/mol. The van der Waals surface area contributed by atoms with Gasteiger partial charge >= 0.3 is 6.18 Å². The van der Waals surface area contributed by atoms with Gasteiger partial charge < -0.3 is 15.8 Å². The summed E-state index contributed by atoms with van der Waals surface area (Å²) < 4.78 is 75.8. The Morgan fingerprint density at radius 2 is 1.66 bits per heavy atom. The van der Waals surface area contributed by atoms with Crippen molar-refractivity contribution in [3.63, 3.8) is 0 Å². The van der Waals surface area contributed by atoms with Gasteiger partial charge in [0.1, 0.15) is 24.0 Å². The lowest BCUT2D eigenvalue weighted by Gasteiger charge is -2.21. The molecule has 0 saturated heterocycles. The fourth-order valence-corrected chi connectivity index (χ4v) is 5.23. The Kier molecular flexibility index (Phi) is 8.29. The van der Waals surface area contributed by atoms with E-state index in [2.05, 4.69) is 15.3 Å². The zero-order valence-electron chi connectivity index (χ0n) is 24.7. The summed E-state index contributed by atoms with van der Waals surface area (Å²) in [5.74, 6) is -2.19. The third-order valence-electron chi connectivity index (χ3n) is 7.51. The fraction of sp³-hybridized carbons (Fsp3) is 0.0833. The van der Waals surface area contributed by atoms with Crippen molar-refractivity contribution in [1.29, 1.82) is 0 Å². The molecule has 47 heavy (non-hydrogen) atoms. The Hall–Kier alpha value is -5.84. The predicted octanol–water partition coefficient (Wildman–Crippen LogP) is 8.98. The highest BCUT2D eigenvalue weighted by atomic mass is 19.4. The van der Waals surface area contributed by atoms with Crippen LogP contribution in [-0.4, -0.2) is 15.9 Å². The molecule has 3 N–H and O–H groups in total. The van der Waals surface area contributed by atoms with Crippen molar-refractivity contribution in [3.8, 4) is 28.0 Å². The van der Waals surface area contributed by atoms with Gasteiger partial charge in [0, 0.05) is 40.0 Å².